The van der Waals surface area contributed by atoms with Crippen LogP contribution in [0, 0.1) is 33.5 Å². The lowest BCUT2D eigenvalue weighted by atomic mass is 9.86. The normalized spacial score (nSPS) is 12.9. The number of benzene rings is 2. The summed E-state index contributed by atoms with van der Waals surface area (Å²) in [6.45, 7) is 14.7. The molecule has 234 valence electrons. The molecule has 0 bridgehead atoms. The number of aliphatic hydroxyl groups is 1. The maximum absolute atomic E-state index is 12.6. The lowest BCUT2D eigenvalue weighted by Gasteiger charge is -2.18. The molecule has 0 unspecified atom stereocenters. The van der Waals surface area contributed by atoms with Gasteiger partial charge in [-0.3, -0.25) is 9.59 Å². The van der Waals surface area contributed by atoms with E-state index >= 15 is 0 Å². The van der Waals surface area contributed by atoms with E-state index in [1.54, 1.807) is 77.9 Å². The topological polar surface area (TPSA) is 139 Å². The van der Waals surface area contributed by atoms with E-state index in [0.717, 1.165) is 0 Å². The molecule has 0 aliphatic heterocycles. The third kappa shape index (κ3) is 10.3. The van der Waals surface area contributed by atoms with E-state index in [4.69, 9.17) is 18.9 Å². The van der Waals surface area contributed by atoms with Crippen molar-refractivity contribution < 1.29 is 33.6 Å². The molecule has 0 radical (unpaired) electrons. The summed E-state index contributed by atoms with van der Waals surface area (Å²) in [5.41, 5.74) is -0.0973. The van der Waals surface area contributed by atoms with E-state index < -0.39 is 16.9 Å². The van der Waals surface area contributed by atoms with Gasteiger partial charge in [0.05, 0.1) is 24.4 Å². The number of carbonyl (C=O) groups is 2. The Morgan fingerprint density at radius 3 is 1.36 bits per heavy atom. The fourth-order valence-electron chi connectivity index (χ4n) is 3.86. The van der Waals surface area contributed by atoms with Crippen LogP contribution in [0.3, 0.4) is 0 Å². The summed E-state index contributed by atoms with van der Waals surface area (Å²) in [4.78, 5) is 25.2. The number of nitriles is 2. The Balaban J connectivity index is 2.15. The minimum absolute atomic E-state index is 0.0422. The molecule has 0 saturated heterocycles. The molecular formula is C35H42N2O7. The van der Waals surface area contributed by atoms with Crippen molar-refractivity contribution in [3.05, 3.63) is 58.7 Å². The Kier molecular flexibility index (Phi) is 12.7. The summed E-state index contributed by atoms with van der Waals surface area (Å²) in [7, 11) is 0. The van der Waals surface area contributed by atoms with Crippen LogP contribution in [-0.4, -0.2) is 49.2 Å². The van der Waals surface area contributed by atoms with Crippen LogP contribution in [0.1, 0.15) is 66.5 Å². The van der Waals surface area contributed by atoms with E-state index in [0.29, 0.717) is 47.3 Å². The molecular weight excluding hydrogens is 560 g/mol. The monoisotopic (exact) mass is 602 g/mol. The maximum Gasteiger partial charge on any atom is 0.178 e. The number of carbonyl (C=O) groups excluding carboxylic acids is 2. The van der Waals surface area contributed by atoms with Crippen molar-refractivity contribution in [3.63, 3.8) is 0 Å². The number of ether oxygens (including phenoxy) is 4. The minimum atomic E-state index is -1.01. The van der Waals surface area contributed by atoms with Crippen LogP contribution < -0.4 is 18.9 Å². The maximum atomic E-state index is 12.6. The van der Waals surface area contributed by atoms with Gasteiger partial charge in [0.25, 0.3) is 0 Å². The van der Waals surface area contributed by atoms with Gasteiger partial charge in [-0.25, -0.2) is 0 Å². The van der Waals surface area contributed by atoms with E-state index in [2.05, 4.69) is 0 Å². The predicted molar refractivity (Wildman–Crippen MR) is 168 cm³/mol. The molecule has 0 aliphatic carbocycles. The van der Waals surface area contributed by atoms with E-state index in [-0.39, 0.29) is 35.9 Å². The number of aliphatic hydroxyl groups excluding tert-OH is 1. The highest BCUT2D eigenvalue weighted by Gasteiger charge is 2.26. The molecule has 0 aliphatic rings. The molecule has 0 aromatic heterocycles. The van der Waals surface area contributed by atoms with Crippen molar-refractivity contribution in [1.82, 2.24) is 0 Å². The quantitative estimate of drug-likeness (QED) is 0.194. The summed E-state index contributed by atoms with van der Waals surface area (Å²) in [5, 5.41) is 29.6. The second-order valence-electron chi connectivity index (χ2n) is 12.1. The fourth-order valence-corrected chi connectivity index (χ4v) is 3.86. The standard InChI is InChI=1S/C35H42N2O7/c1-9-41-30-17-23(15-25(19-36)32(39)34(3,4)5)11-13-28(30)43-21-27(38)22-44-29-14-12-24(18-31(29)42-10-2)16-26(20-37)33(40)35(6,7)8/h11-18,27,38H,9-10,21-22H2,1-8H3. The van der Waals surface area contributed by atoms with Crippen molar-refractivity contribution in [3.8, 4) is 35.1 Å². The minimum Gasteiger partial charge on any atom is -0.490 e. The highest BCUT2D eigenvalue weighted by molar-refractivity contribution is 6.06. The second-order valence-corrected chi connectivity index (χ2v) is 12.1. The smallest absolute Gasteiger partial charge is 0.178 e. The van der Waals surface area contributed by atoms with Crippen LogP contribution in [0.25, 0.3) is 12.2 Å². The summed E-state index contributed by atoms with van der Waals surface area (Å²) in [5.74, 6) is 1.05. The number of ketones is 2. The molecule has 0 heterocycles. The van der Waals surface area contributed by atoms with Gasteiger partial charge in [-0.2, -0.15) is 10.5 Å². The summed E-state index contributed by atoms with van der Waals surface area (Å²) < 4.78 is 23.1. The first kappa shape index (κ1) is 35.6. The van der Waals surface area contributed by atoms with Gasteiger partial charge >= 0.3 is 0 Å². The molecule has 0 atom stereocenters. The van der Waals surface area contributed by atoms with Crippen LogP contribution >= 0.6 is 0 Å². The molecule has 2 rings (SSSR count). The molecule has 0 fully saturated rings. The van der Waals surface area contributed by atoms with E-state index in [9.17, 15) is 25.2 Å². The van der Waals surface area contributed by atoms with Crippen LogP contribution in [0.5, 0.6) is 23.0 Å². The van der Waals surface area contributed by atoms with Crippen LogP contribution in [0.4, 0.5) is 0 Å². The average Bonchev–Trinajstić information content (AvgIpc) is 2.96. The van der Waals surface area contributed by atoms with Crippen molar-refractivity contribution in [2.45, 2.75) is 61.5 Å². The Labute approximate surface area is 260 Å². The Morgan fingerprint density at radius 2 is 1.07 bits per heavy atom. The first-order valence-corrected chi connectivity index (χ1v) is 14.4. The summed E-state index contributed by atoms with van der Waals surface area (Å²) in [6.07, 6.45) is 2.02. The van der Waals surface area contributed by atoms with Crippen molar-refractivity contribution in [2.24, 2.45) is 10.8 Å². The lowest BCUT2D eigenvalue weighted by Crippen LogP contribution is -2.25. The number of hydrogen-bond acceptors (Lipinski definition) is 9. The van der Waals surface area contributed by atoms with Gasteiger partial charge in [0.15, 0.2) is 34.6 Å². The van der Waals surface area contributed by atoms with Crippen LogP contribution in [0.15, 0.2) is 47.5 Å². The number of rotatable bonds is 14. The van der Waals surface area contributed by atoms with E-state index in [1.165, 1.54) is 12.2 Å². The highest BCUT2D eigenvalue weighted by atomic mass is 16.5. The zero-order valence-corrected chi connectivity index (χ0v) is 26.8. The largest absolute Gasteiger partial charge is 0.490 e. The summed E-state index contributed by atoms with van der Waals surface area (Å²) >= 11 is 0. The third-order valence-electron chi connectivity index (χ3n) is 6.11. The molecule has 9 heteroatoms. The van der Waals surface area contributed by atoms with Crippen molar-refractivity contribution in [1.29, 1.82) is 10.5 Å². The molecule has 44 heavy (non-hydrogen) atoms. The molecule has 2 aromatic rings. The second kappa shape index (κ2) is 15.7. The molecule has 2 aromatic carbocycles. The molecule has 9 nitrogen and oxygen atoms in total. The third-order valence-corrected chi connectivity index (χ3v) is 6.11. The highest BCUT2D eigenvalue weighted by Crippen LogP contribution is 2.32. The molecule has 1 N–H and O–H groups in total. The Hall–Kier alpha value is -4.60. The fraction of sp³-hybridized carbons (Fsp3) is 0.429. The van der Waals surface area contributed by atoms with Crippen LogP contribution in [-0.2, 0) is 9.59 Å². The van der Waals surface area contributed by atoms with Crippen LogP contribution in [0.2, 0.25) is 0 Å². The summed E-state index contributed by atoms with van der Waals surface area (Å²) in [6, 6.07) is 14.0. The van der Waals surface area contributed by atoms with E-state index in [1.807, 2.05) is 26.0 Å². The molecule has 0 saturated carbocycles. The van der Waals surface area contributed by atoms with Gasteiger partial charge in [0.1, 0.15) is 31.5 Å². The zero-order valence-electron chi connectivity index (χ0n) is 26.8. The number of hydrogen-bond donors (Lipinski definition) is 1. The number of nitrogens with zero attached hydrogens (tertiary/aromatic N) is 2. The number of allylic oxidation sites excluding steroid dienone is 2. The van der Waals surface area contributed by atoms with Crippen molar-refractivity contribution >= 4 is 23.7 Å². The predicted octanol–water partition coefficient (Wildman–Crippen LogP) is 6.35. The number of Topliss-reactive ketones (excluding diaryl/α,β-unsaturated/α-hetero) is 2. The van der Waals surface area contributed by atoms with Gasteiger partial charge < -0.3 is 24.1 Å². The SMILES string of the molecule is CCOc1cc(C=C(C#N)C(=O)C(C)(C)C)ccc1OCC(O)COc1ccc(C=C(C#N)C(=O)C(C)(C)C)cc1OCC. The zero-order chi connectivity index (χ0) is 33.1. The van der Waals surface area contributed by atoms with Gasteiger partial charge in [-0.1, -0.05) is 53.7 Å². The first-order chi connectivity index (χ1) is 20.6. The first-order valence-electron chi connectivity index (χ1n) is 14.4. The average molecular weight is 603 g/mol. The lowest BCUT2D eigenvalue weighted by molar-refractivity contribution is -0.122. The van der Waals surface area contributed by atoms with Gasteiger partial charge in [0.2, 0.25) is 0 Å². The van der Waals surface area contributed by atoms with Gasteiger partial charge in [-0.05, 0) is 61.4 Å². The molecule has 0 amide bonds. The molecule has 0 spiro atoms. The Bertz CT molecular complexity index is 1370. The Morgan fingerprint density at radius 1 is 0.705 bits per heavy atom. The van der Waals surface area contributed by atoms with Gasteiger partial charge in [0, 0.05) is 10.8 Å². The van der Waals surface area contributed by atoms with Crippen molar-refractivity contribution in [2.75, 3.05) is 26.4 Å². The van der Waals surface area contributed by atoms with Gasteiger partial charge in [-0.15, -0.1) is 0 Å².